The van der Waals surface area contributed by atoms with Crippen molar-refractivity contribution in [2.75, 3.05) is 13.1 Å². The third-order valence-electron chi connectivity index (χ3n) is 4.46. The highest BCUT2D eigenvalue weighted by Gasteiger charge is 2.30. The van der Waals surface area contributed by atoms with Crippen molar-refractivity contribution in [3.8, 4) is 0 Å². The average molecular weight is 349 g/mol. The molecule has 0 aliphatic carbocycles. The first-order valence-electron chi connectivity index (χ1n) is 8.27. The first-order chi connectivity index (χ1) is 11.9. The molecular weight excluding hydrogens is 328 g/mol. The highest BCUT2D eigenvalue weighted by Crippen LogP contribution is 2.21. The van der Waals surface area contributed by atoms with Crippen LogP contribution < -0.4 is 0 Å². The third-order valence-corrected chi connectivity index (χ3v) is 4.46. The molecule has 1 fully saturated rings. The molecule has 3 rings (SSSR count). The van der Waals surface area contributed by atoms with E-state index in [0.717, 1.165) is 24.6 Å². The lowest BCUT2D eigenvalue weighted by molar-refractivity contribution is -0.132. The van der Waals surface area contributed by atoms with E-state index < -0.39 is 11.6 Å². The van der Waals surface area contributed by atoms with Crippen molar-refractivity contribution in [1.29, 1.82) is 0 Å². The highest BCUT2D eigenvalue weighted by molar-refractivity contribution is 5.73. The maximum atomic E-state index is 13.3. The Morgan fingerprint density at radius 1 is 1.40 bits per heavy atom. The van der Waals surface area contributed by atoms with Gasteiger partial charge in [0, 0.05) is 32.6 Å². The summed E-state index contributed by atoms with van der Waals surface area (Å²) in [6, 6.07) is 4.01. The smallest absolute Gasteiger partial charge is 0.220 e. The molecule has 0 spiro atoms. The first-order valence-corrected chi connectivity index (χ1v) is 8.27. The molecule has 1 aromatic carbocycles. The molecule has 1 saturated heterocycles. The van der Waals surface area contributed by atoms with Crippen LogP contribution >= 0.6 is 0 Å². The van der Waals surface area contributed by atoms with Gasteiger partial charge in [0.25, 0.3) is 0 Å². The number of amides is 1. The van der Waals surface area contributed by atoms with Crippen LogP contribution in [0.4, 0.5) is 8.78 Å². The van der Waals surface area contributed by atoms with E-state index in [9.17, 15) is 13.6 Å². The van der Waals surface area contributed by atoms with Gasteiger partial charge in [-0.3, -0.25) is 9.69 Å². The fourth-order valence-corrected chi connectivity index (χ4v) is 3.22. The van der Waals surface area contributed by atoms with Gasteiger partial charge < -0.3 is 9.32 Å². The minimum atomic E-state index is -0.841. The molecule has 1 aromatic heterocycles. The Morgan fingerprint density at radius 2 is 2.20 bits per heavy atom. The number of oxazole rings is 1. The Morgan fingerprint density at radius 3 is 2.84 bits per heavy atom. The summed E-state index contributed by atoms with van der Waals surface area (Å²) in [6.45, 7) is 5.68. The topological polar surface area (TPSA) is 49.6 Å². The van der Waals surface area contributed by atoms with Crippen LogP contribution in [0.2, 0.25) is 0 Å². The Balaban J connectivity index is 1.63. The maximum absolute atomic E-state index is 13.3. The second-order valence-corrected chi connectivity index (χ2v) is 6.44. The molecule has 1 aliphatic heterocycles. The maximum Gasteiger partial charge on any atom is 0.220 e. The fraction of sp³-hybridized carbons (Fsp3) is 0.444. The van der Waals surface area contributed by atoms with Crippen LogP contribution in [0, 0.1) is 18.6 Å². The normalized spacial score (nSPS) is 17.8. The van der Waals surface area contributed by atoms with E-state index in [1.165, 1.54) is 13.0 Å². The van der Waals surface area contributed by atoms with Crippen LogP contribution in [0.3, 0.4) is 0 Å². The number of carbonyl (C=O) groups excluding carboxylic acids is 1. The number of likely N-dealkylation sites (tertiary alicyclic amines) is 1. The van der Waals surface area contributed by atoms with Crippen LogP contribution in [0.15, 0.2) is 28.8 Å². The molecule has 25 heavy (non-hydrogen) atoms. The molecule has 0 unspecified atom stereocenters. The molecule has 7 heteroatoms. The molecule has 5 nitrogen and oxygen atoms in total. The average Bonchev–Trinajstić information content (AvgIpc) is 3.17. The van der Waals surface area contributed by atoms with Crippen molar-refractivity contribution < 1.29 is 18.0 Å². The lowest BCUT2D eigenvalue weighted by Gasteiger charge is -2.27. The predicted octanol–water partition coefficient (Wildman–Crippen LogP) is 2.88. The van der Waals surface area contributed by atoms with E-state index in [1.807, 2.05) is 6.92 Å². The summed E-state index contributed by atoms with van der Waals surface area (Å²) < 4.78 is 31.8. The molecule has 0 radical (unpaired) electrons. The van der Waals surface area contributed by atoms with Gasteiger partial charge in [-0.1, -0.05) is 6.07 Å². The number of hydrogen-bond donors (Lipinski definition) is 0. The Kier molecular flexibility index (Phi) is 5.13. The Labute approximate surface area is 145 Å². The minimum Gasteiger partial charge on any atom is -0.444 e. The van der Waals surface area contributed by atoms with Gasteiger partial charge in [-0.05, 0) is 31.0 Å². The molecule has 0 N–H and O–H groups in total. The van der Waals surface area contributed by atoms with Crippen molar-refractivity contribution in [3.63, 3.8) is 0 Å². The monoisotopic (exact) mass is 349 g/mol. The van der Waals surface area contributed by atoms with Crippen molar-refractivity contribution >= 4 is 5.91 Å². The highest BCUT2D eigenvalue weighted by atomic mass is 19.2. The van der Waals surface area contributed by atoms with E-state index in [2.05, 4.69) is 9.88 Å². The van der Waals surface area contributed by atoms with Crippen LogP contribution in [-0.4, -0.2) is 39.8 Å². The number of nitrogens with zero attached hydrogens (tertiary/aromatic N) is 3. The quantitative estimate of drug-likeness (QED) is 0.833. The number of aromatic nitrogens is 1. The van der Waals surface area contributed by atoms with Gasteiger partial charge in [0.2, 0.25) is 11.8 Å². The largest absolute Gasteiger partial charge is 0.444 e. The van der Waals surface area contributed by atoms with Gasteiger partial charge in [-0.25, -0.2) is 13.8 Å². The summed E-state index contributed by atoms with van der Waals surface area (Å²) >= 11 is 0. The summed E-state index contributed by atoms with van der Waals surface area (Å²) in [5, 5.41) is 0. The van der Waals surface area contributed by atoms with Gasteiger partial charge in [0.05, 0.1) is 12.7 Å². The SMILES string of the molecule is CC(=O)N(Cc1ncc(C)o1)[C@@H]1CCN(Cc2ccc(F)c(F)c2)C1. The standard InChI is InChI=1S/C18H21F2N3O2/c1-12-8-21-18(25-12)11-23(13(2)24)15-5-6-22(10-15)9-14-3-4-16(19)17(20)7-14/h3-4,7-8,15H,5-6,9-11H2,1-2H3/t15-/m1/s1. The van der Waals surface area contributed by atoms with Crippen molar-refractivity contribution in [2.24, 2.45) is 0 Å². The zero-order valence-corrected chi connectivity index (χ0v) is 14.3. The molecule has 2 aromatic rings. The number of halogens is 2. The molecule has 2 heterocycles. The summed E-state index contributed by atoms with van der Waals surface area (Å²) in [4.78, 5) is 20.1. The molecule has 0 bridgehead atoms. The van der Waals surface area contributed by atoms with E-state index in [4.69, 9.17) is 4.42 Å². The number of benzene rings is 1. The molecule has 1 atom stereocenters. The molecule has 1 aliphatic rings. The van der Waals surface area contributed by atoms with Crippen molar-refractivity contribution in [1.82, 2.24) is 14.8 Å². The molecule has 0 saturated carbocycles. The number of rotatable bonds is 5. The summed E-state index contributed by atoms with van der Waals surface area (Å²) in [6.07, 6.45) is 2.46. The van der Waals surface area contributed by atoms with E-state index in [-0.39, 0.29) is 11.9 Å². The van der Waals surface area contributed by atoms with Crippen molar-refractivity contribution in [2.45, 2.75) is 39.4 Å². The van der Waals surface area contributed by atoms with E-state index in [1.54, 1.807) is 17.2 Å². The van der Waals surface area contributed by atoms with Gasteiger partial charge in [-0.2, -0.15) is 0 Å². The van der Waals surface area contributed by atoms with Crippen LogP contribution in [0.25, 0.3) is 0 Å². The minimum absolute atomic E-state index is 0.0319. The molecule has 134 valence electrons. The van der Waals surface area contributed by atoms with Gasteiger partial charge in [0.1, 0.15) is 5.76 Å². The first kappa shape index (κ1) is 17.5. The zero-order chi connectivity index (χ0) is 18.0. The second-order valence-electron chi connectivity index (χ2n) is 6.44. The Hall–Kier alpha value is -2.28. The van der Waals surface area contributed by atoms with Crippen LogP contribution in [-0.2, 0) is 17.9 Å². The zero-order valence-electron chi connectivity index (χ0n) is 14.3. The lowest BCUT2D eigenvalue weighted by Crippen LogP contribution is -2.40. The lowest BCUT2D eigenvalue weighted by atomic mass is 10.2. The summed E-state index contributed by atoms with van der Waals surface area (Å²) in [5.74, 6) is -0.475. The second kappa shape index (κ2) is 7.31. The van der Waals surface area contributed by atoms with Crippen LogP contribution in [0.1, 0.15) is 30.6 Å². The van der Waals surface area contributed by atoms with E-state index in [0.29, 0.717) is 31.3 Å². The molecular formula is C18H21F2N3O2. The van der Waals surface area contributed by atoms with E-state index >= 15 is 0 Å². The Bertz CT molecular complexity index is 763. The van der Waals surface area contributed by atoms with Crippen LogP contribution in [0.5, 0.6) is 0 Å². The summed E-state index contributed by atoms with van der Waals surface area (Å²) in [7, 11) is 0. The van der Waals surface area contributed by atoms with Gasteiger partial charge >= 0.3 is 0 Å². The molecule has 1 amide bonds. The fourth-order valence-electron chi connectivity index (χ4n) is 3.22. The number of hydrogen-bond acceptors (Lipinski definition) is 4. The number of aryl methyl sites for hydroxylation is 1. The summed E-state index contributed by atoms with van der Waals surface area (Å²) in [5.41, 5.74) is 0.720. The van der Waals surface area contributed by atoms with Crippen molar-refractivity contribution in [3.05, 3.63) is 53.2 Å². The number of carbonyl (C=O) groups is 1. The third kappa shape index (κ3) is 4.22. The van der Waals surface area contributed by atoms with Gasteiger partial charge in [-0.15, -0.1) is 0 Å². The predicted molar refractivity (Wildman–Crippen MR) is 87.5 cm³/mol. The van der Waals surface area contributed by atoms with Gasteiger partial charge in [0.15, 0.2) is 11.6 Å².